The number of rotatable bonds is 5. The van der Waals surface area contributed by atoms with Gasteiger partial charge < -0.3 is 14.6 Å². The van der Waals surface area contributed by atoms with E-state index >= 15 is 0 Å². The van der Waals surface area contributed by atoms with Crippen LogP contribution in [0.5, 0.6) is 11.5 Å². The molecule has 31 heavy (non-hydrogen) atoms. The molecule has 3 atom stereocenters. The topological polar surface area (TPSA) is 72.8 Å². The van der Waals surface area contributed by atoms with Crippen LogP contribution in [0.2, 0.25) is 0 Å². The fraction of sp³-hybridized carbons (Fsp3) is 0.200. The number of sulfone groups is 1. The van der Waals surface area contributed by atoms with Crippen molar-refractivity contribution in [3.05, 3.63) is 90.0 Å². The highest BCUT2D eigenvalue weighted by Crippen LogP contribution is 2.51. The lowest BCUT2D eigenvalue weighted by Gasteiger charge is -2.25. The molecule has 3 aromatic rings. The molecule has 0 spiro atoms. The van der Waals surface area contributed by atoms with E-state index in [4.69, 9.17) is 9.47 Å². The highest BCUT2D eigenvalue weighted by Gasteiger charge is 2.52. The average Bonchev–Trinajstić information content (AvgIpc) is 3.40. The number of ether oxygens (including phenoxy) is 2. The van der Waals surface area contributed by atoms with Crippen molar-refractivity contribution in [2.75, 3.05) is 7.11 Å². The molecule has 5 nitrogen and oxygen atoms in total. The third-order valence-corrected chi connectivity index (χ3v) is 8.21. The summed E-state index contributed by atoms with van der Waals surface area (Å²) in [5.74, 6) is 0.914. The van der Waals surface area contributed by atoms with E-state index in [9.17, 15) is 13.5 Å². The second kappa shape index (κ2) is 7.55. The normalized spacial score (nSPS) is 22.7. The molecule has 6 heteroatoms. The summed E-state index contributed by atoms with van der Waals surface area (Å²) in [5, 5.41) is 9.05. The fourth-order valence-corrected chi connectivity index (χ4v) is 6.41. The molecule has 5 rings (SSSR count). The summed E-state index contributed by atoms with van der Waals surface area (Å²) in [4.78, 5) is 0.316. The zero-order valence-corrected chi connectivity index (χ0v) is 17.7. The van der Waals surface area contributed by atoms with Crippen molar-refractivity contribution >= 4 is 21.0 Å². The van der Waals surface area contributed by atoms with Gasteiger partial charge in [-0.15, -0.1) is 0 Å². The Morgan fingerprint density at radius 2 is 1.48 bits per heavy atom. The SMILES string of the molecule is COc1ccc(C2=C(c3ccc(O)cc3)[C@H]3C[C@H](S(=O)(=O)c4ccccc4)[C@@H]2O3)cc1. The van der Waals surface area contributed by atoms with Crippen LogP contribution < -0.4 is 4.74 Å². The molecule has 1 fully saturated rings. The largest absolute Gasteiger partial charge is 0.508 e. The number of benzene rings is 3. The molecule has 2 heterocycles. The van der Waals surface area contributed by atoms with Crippen LogP contribution in [0.15, 0.2) is 83.8 Å². The van der Waals surface area contributed by atoms with Crippen molar-refractivity contribution < 1.29 is 23.0 Å². The quantitative estimate of drug-likeness (QED) is 0.647. The van der Waals surface area contributed by atoms with Crippen molar-refractivity contribution in [3.63, 3.8) is 0 Å². The van der Waals surface area contributed by atoms with Gasteiger partial charge in [0.2, 0.25) is 0 Å². The van der Waals surface area contributed by atoms with E-state index in [-0.39, 0.29) is 11.9 Å². The van der Waals surface area contributed by atoms with E-state index < -0.39 is 21.2 Å². The lowest BCUT2D eigenvalue weighted by Crippen LogP contribution is -2.32. The number of methoxy groups -OCH3 is 1. The van der Waals surface area contributed by atoms with Gasteiger partial charge in [-0.1, -0.05) is 42.5 Å². The van der Waals surface area contributed by atoms with E-state index in [1.165, 1.54) is 0 Å². The Hall–Kier alpha value is -3.09. The molecule has 0 amide bonds. The van der Waals surface area contributed by atoms with Gasteiger partial charge in [-0.2, -0.15) is 0 Å². The Kier molecular flexibility index (Phi) is 4.84. The number of fused-ring (bicyclic) bond motifs is 2. The van der Waals surface area contributed by atoms with E-state index in [2.05, 4.69) is 0 Å². The molecule has 0 unspecified atom stereocenters. The first-order valence-corrected chi connectivity index (χ1v) is 11.7. The standard InChI is InChI=1S/C25H22O5S/c1-29-19-13-9-17(10-14-19)24-23(16-7-11-18(26)12-8-16)21-15-22(25(24)30-21)31(27,28)20-5-3-2-4-6-20/h2-14,21-22,25-26H,15H2,1H3/t21-,22+,25+/m1/s1. The molecule has 2 aliphatic heterocycles. The Morgan fingerprint density at radius 3 is 2.13 bits per heavy atom. The van der Waals surface area contributed by atoms with E-state index in [0.717, 1.165) is 28.0 Å². The molecular weight excluding hydrogens is 412 g/mol. The van der Waals surface area contributed by atoms with Gasteiger partial charge in [0.25, 0.3) is 0 Å². The molecule has 1 saturated heterocycles. The van der Waals surface area contributed by atoms with Crippen molar-refractivity contribution in [1.29, 1.82) is 0 Å². The van der Waals surface area contributed by atoms with Gasteiger partial charge in [-0.25, -0.2) is 8.42 Å². The minimum absolute atomic E-state index is 0.184. The maximum atomic E-state index is 13.4. The molecule has 2 aliphatic rings. The summed E-state index contributed by atoms with van der Waals surface area (Å²) in [6.07, 6.45) is -0.486. The Bertz CT molecular complexity index is 1230. The summed E-state index contributed by atoms with van der Waals surface area (Å²) >= 11 is 0. The summed E-state index contributed by atoms with van der Waals surface area (Å²) in [7, 11) is -1.95. The van der Waals surface area contributed by atoms with Crippen LogP contribution >= 0.6 is 0 Å². The zero-order valence-electron chi connectivity index (χ0n) is 16.9. The third kappa shape index (κ3) is 3.32. The smallest absolute Gasteiger partial charge is 0.184 e. The van der Waals surface area contributed by atoms with Gasteiger partial charge in [-0.3, -0.25) is 0 Å². The number of phenols is 1. The molecule has 3 aromatic carbocycles. The Morgan fingerprint density at radius 1 is 0.871 bits per heavy atom. The Balaban J connectivity index is 1.64. The van der Waals surface area contributed by atoms with Gasteiger partial charge >= 0.3 is 0 Å². The second-order valence-corrected chi connectivity index (χ2v) is 9.95. The van der Waals surface area contributed by atoms with Crippen LogP contribution in [0.4, 0.5) is 0 Å². The molecular formula is C25H22O5S. The highest BCUT2D eigenvalue weighted by atomic mass is 32.2. The molecule has 2 bridgehead atoms. The number of aromatic hydroxyl groups is 1. The van der Waals surface area contributed by atoms with Gasteiger partial charge in [0.15, 0.2) is 9.84 Å². The third-order valence-electron chi connectivity index (χ3n) is 6.04. The van der Waals surface area contributed by atoms with E-state index in [1.807, 2.05) is 42.5 Å². The first-order chi connectivity index (χ1) is 15.0. The van der Waals surface area contributed by atoms with Crippen LogP contribution in [0, 0.1) is 0 Å². The Labute approximate surface area is 181 Å². The monoisotopic (exact) mass is 434 g/mol. The highest BCUT2D eigenvalue weighted by molar-refractivity contribution is 7.92. The minimum Gasteiger partial charge on any atom is -0.508 e. The van der Waals surface area contributed by atoms with Crippen molar-refractivity contribution in [3.8, 4) is 11.5 Å². The van der Waals surface area contributed by atoms with Crippen LogP contribution in [-0.4, -0.2) is 38.1 Å². The molecule has 1 N–H and O–H groups in total. The predicted molar refractivity (Wildman–Crippen MR) is 119 cm³/mol. The zero-order chi connectivity index (χ0) is 21.6. The van der Waals surface area contributed by atoms with Gasteiger partial charge in [0.05, 0.1) is 23.4 Å². The summed E-state index contributed by atoms with van der Waals surface area (Å²) in [6.45, 7) is 0. The maximum absolute atomic E-state index is 13.4. The lowest BCUT2D eigenvalue weighted by molar-refractivity contribution is 0.128. The van der Waals surface area contributed by atoms with Gasteiger partial charge in [-0.05, 0) is 65.1 Å². The van der Waals surface area contributed by atoms with Crippen LogP contribution in [0.1, 0.15) is 17.5 Å². The first kappa shape index (κ1) is 19.8. The summed E-state index contributed by atoms with van der Waals surface area (Å²) in [5.41, 5.74) is 3.69. The predicted octanol–water partition coefficient (Wildman–Crippen LogP) is 4.33. The van der Waals surface area contributed by atoms with E-state index in [1.54, 1.807) is 43.5 Å². The first-order valence-electron chi connectivity index (χ1n) is 10.1. The molecule has 0 aliphatic carbocycles. The van der Waals surface area contributed by atoms with Gasteiger partial charge in [0, 0.05) is 0 Å². The number of phenolic OH excluding ortho intramolecular Hbond substituents is 1. The van der Waals surface area contributed by atoms with Gasteiger partial charge in [0.1, 0.15) is 17.6 Å². The number of hydrogen-bond donors (Lipinski definition) is 1. The summed E-state index contributed by atoms with van der Waals surface area (Å²) < 4.78 is 38.4. The van der Waals surface area contributed by atoms with Crippen LogP contribution in [0.25, 0.3) is 11.1 Å². The number of hydrogen-bond acceptors (Lipinski definition) is 5. The molecule has 158 valence electrons. The van der Waals surface area contributed by atoms with Crippen LogP contribution in [-0.2, 0) is 14.6 Å². The molecule has 0 aromatic heterocycles. The second-order valence-electron chi connectivity index (χ2n) is 7.78. The maximum Gasteiger partial charge on any atom is 0.184 e. The minimum atomic E-state index is -3.56. The van der Waals surface area contributed by atoms with Crippen molar-refractivity contribution in [2.45, 2.75) is 28.8 Å². The van der Waals surface area contributed by atoms with E-state index in [0.29, 0.717) is 11.3 Å². The molecule has 0 radical (unpaired) electrons. The fourth-order valence-electron chi connectivity index (χ4n) is 4.57. The van der Waals surface area contributed by atoms with Crippen molar-refractivity contribution in [2.24, 2.45) is 0 Å². The molecule has 0 saturated carbocycles. The van der Waals surface area contributed by atoms with Crippen LogP contribution in [0.3, 0.4) is 0 Å². The lowest BCUT2D eigenvalue weighted by atomic mass is 9.83. The summed E-state index contributed by atoms with van der Waals surface area (Å²) in [6, 6.07) is 23.1. The van der Waals surface area contributed by atoms with Crippen molar-refractivity contribution in [1.82, 2.24) is 0 Å². The average molecular weight is 435 g/mol.